The number of sulfonamides is 1. The molecule has 1 N–H and O–H groups in total. The smallest absolute Gasteiger partial charge is 0.243 e. The summed E-state index contributed by atoms with van der Waals surface area (Å²) in [5.41, 5.74) is 5.22. The van der Waals surface area contributed by atoms with Crippen molar-refractivity contribution in [3.8, 4) is 0 Å². The minimum Gasteiger partial charge on any atom is -0.310 e. The molecule has 2 aliphatic heterocycles. The molecule has 3 rings (SSSR count). The fourth-order valence-corrected chi connectivity index (χ4v) is 6.17. The number of benzene rings is 1. The fraction of sp³-hybridized carbons (Fsp3) is 0.667. The van der Waals surface area contributed by atoms with Crippen LogP contribution in [0, 0.1) is 34.6 Å². The molecule has 4 nitrogen and oxygen atoms in total. The van der Waals surface area contributed by atoms with Gasteiger partial charge in [-0.1, -0.05) is 0 Å². The molecule has 2 atom stereocenters. The third-order valence-corrected chi connectivity index (χ3v) is 8.15. The molecule has 24 heavy (non-hydrogen) atoms. The molecule has 1 aromatic rings. The minimum absolute atomic E-state index is 0. The molecule has 6 heteroatoms. The Balaban J connectivity index is 0.00000208. The lowest BCUT2D eigenvalue weighted by atomic mass is 9.95. The predicted octanol–water partition coefficient (Wildman–Crippen LogP) is 3.17. The average molecular weight is 373 g/mol. The van der Waals surface area contributed by atoms with Crippen molar-refractivity contribution in [3.05, 3.63) is 27.8 Å². The number of rotatable bonds is 2. The van der Waals surface area contributed by atoms with E-state index < -0.39 is 10.0 Å². The maximum Gasteiger partial charge on any atom is 0.243 e. The van der Waals surface area contributed by atoms with Crippen LogP contribution in [0.4, 0.5) is 0 Å². The van der Waals surface area contributed by atoms with Crippen molar-refractivity contribution in [2.75, 3.05) is 13.1 Å². The first-order valence-corrected chi connectivity index (χ1v) is 10.0. The molecule has 0 aliphatic carbocycles. The van der Waals surface area contributed by atoms with Crippen molar-refractivity contribution in [3.63, 3.8) is 0 Å². The highest BCUT2D eigenvalue weighted by Crippen LogP contribution is 2.33. The summed E-state index contributed by atoms with van der Waals surface area (Å²) in [6.07, 6.45) is 3.18. The molecule has 0 aromatic heterocycles. The van der Waals surface area contributed by atoms with Crippen LogP contribution in [-0.2, 0) is 10.0 Å². The molecule has 0 radical (unpaired) electrons. The van der Waals surface area contributed by atoms with E-state index in [0.29, 0.717) is 30.1 Å². The molecule has 0 amide bonds. The number of nitrogens with zero attached hydrogens (tertiary/aromatic N) is 1. The topological polar surface area (TPSA) is 49.4 Å². The van der Waals surface area contributed by atoms with Gasteiger partial charge in [0.2, 0.25) is 10.0 Å². The zero-order chi connectivity index (χ0) is 16.9. The lowest BCUT2D eigenvalue weighted by molar-refractivity contribution is 0.383. The molecule has 0 saturated carbocycles. The van der Waals surface area contributed by atoms with Gasteiger partial charge in [-0.3, -0.25) is 0 Å². The summed E-state index contributed by atoms with van der Waals surface area (Å²) in [7, 11) is -3.44. The van der Waals surface area contributed by atoms with Gasteiger partial charge in [0, 0.05) is 25.2 Å². The molecule has 2 fully saturated rings. The Morgan fingerprint density at radius 2 is 1.33 bits per heavy atom. The molecule has 0 spiro atoms. The van der Waals surface area contributed by atoms with Gasteiger partial charge in [-0.2, -0.15) is 4.31 Å². The monoisotopic (exact) mass is 372 g/mol. The standard InChI is InChI=1S/C18H28N2O2S.ClH/c1-11-12(2)14(4)18(15(5)13(11)3)23(21,22)20-9-8-16-6-7-17(10-20)19-16;/h16-17,19H,6-10H2,1-5H3;1H. The zero-order valence-electron chi connectivity index (χ0n) is 15.3. The van der Waals surface area contributed by atoms with Crippen molar-refractivity contribution in [2.45, 2.75) is 70.9 Å². The Hall–Kier alpha value is -0.620. The van der Waals surface area contributed by atoms with Gasteiger partial charge >= 0.3 is 0 Å². The second-order valence-corrected chi connectivity index (χ2v) is 9.12. The molecule has 2 unspecified atom stereocenters. The second kappa shape index (κ2) is 6.94. The summed E-state index contributed by atoms with van der Waals surface area (Å²) in [4.78, 5) is 0.538. The van der Waals surface area contributed by atoms with Crippen molar-refractivity contribution < 1.29 is 8.42 Å². The fourth-order valence-electron chi connectivity index (χ4n) is 4.11. The largest absolute Gasteiger partial charge is 0.310 e. The third-order valence-electron chi connectivity index (χ3n) is 6.02. The number of hydrogen-bond donors (Lipinski definition) is 1. The lowest BCUT2D eigenvalue weighted by Crippen LogP contribution is -2.39. The van der Waals surface area contributed by atoms with Gasteiger partial charge in [-0.15, -0.1) is 12.4 Å². The van der Waals surface area contributed by atoms with Gasteiger partial charge < -0.3 is 5.32 Å². The molecule has 2 heterocycles. The molecule has 136 valence electrons. The molecular weight excluding hydrogens is 344 g/mol. The Morgan fingerprint density at radius 3 is 1.92 bits per heavy atom. The van der Waals surface area contributed by atoms with E-state index in [0.717, 1.165) is 35.1 Å². The van der Waals surface area contributed by atoms with Crippen LogP contribution in [0.25, 0.3) is 0 Å². The van der Waals surface area contributed by atoms with Gasteiger partial charge in [0.1, 0.15) is 0 Å². The van der Waals surface area contributed by atoms with Crippen LogP contribution in [0.2, 0.25) is 0 Å². The maximum absolute atomic E-state index is 13.4. The van der Waals surface area contributed by atoms with Crippen LogP contribution in [0.15, 0.2) is 4.90 Å². The average Bonchev–Trinajstić information content (AvgIpc) is 2.81. The number of hydrogen-bond acceptors (Lipinski definition) is 3. The third kappa shape index (κ3) is 3.12. The quantitative estimate of drug-likeness (QED) is 0.867. The molecule has 1 aromatic carbocycles. The predicted molar refractivity (Wildman–Crippen MR) is 101 cm³/mol. The van der Waals surface area contributed by atoms with Gasteiger partial charge in [0.05, 0.1) is 4.90 Å². The summed E-state index contributed by atoms with van der Waals surface area (Å²) in [6, 6.07) is 0.800. The van der Waals surface area contributed by atoms with Crippen LogP contribution in [-0.4, -0.2) is 37.9 Å². The van der Waals surface area contributed by atoms with Crippen molar-refractivity contribution in [1.82, 2.24) is 9.62 Å². The van der Waals surface area contributed by atoms with E-state index in [2.05, 4.69) is 12.2 Å². The lowest BCUT2D eigenvalue weighted by Gasteiger charge is -2.27. The van der Waals surface area contributed by atoms with E-state index >= 15 is 0 Å². The summed E-state index contributed by atoms with van der Waals surface area (Å²) in [5.74, 6) is 0. The summed E-state index contributed by atoms with van der Waals surface area (Å²) < 4.78 is 28.5. The highest BCUT2D eigenvalue weighted by atomic mass is 35.5. The van der Waals surface area contributed by atoms with Gasteiger partial charge in [-0.05, 0) is 81.7 Å². The molecule has 2 saturated heterocycles. The van der Waals surface area contributed by atoms with E-state index in [1.54, 1.807) is 4.31 Å². The van der Waals surface area contributed by atoms with Crippen molar-refractivity contribution in [2.24, 2.45) is 0 Å². The number of fused-ring (bicyclic) bond motifs is 2. The Labute approximate surface area is 152 Å². The van der Waals surface area contributed by atoms with Crippen LogP contribution < -0.4 is 5.32 Å². The summed E-state index contributed by atoms with van der Waals surface area (Å²) in [6.45, 7) is 11.3. The van der Waals surface area contributed by atoms with Crippen molar-refractivity contribution in [1.29, 1.82) is 0 Å². The van der Waals surface area contributed by atoms with Crippen LogP contribution in [0.3, 0.4) is 0 Å². The van der Waals surface area contributed by atoms with Crippen LogP contribution in [0.1, 0.15) is 47.1 Å². The van der Waals surface area contributed by atoms with E-state index in [-0.39, 0.29) is 12.4 Å². The minimum atomic E-state index is -3.44. The van der Waals surface area contributed by atoms with Crippen LogP contribution >= 0.6 is 12.4 Å². The van der Waals surface area contributed by atoms with Gasteiger partial charge in [0.25, 0.3) is 0 Å². The van der Waals surface area contributed by atoms with E-state index in [1.807, 2.05) is 27.7 Å². The Kier molecular flexibility index (Phi) is 5.70. The summed E-state index contributed by atoms with van der Waals surface area (Å²) >= 11 is 0. The first-order valence-electron chi connectivity index (χ1n) is 8.56. The highest BCUT2D eigenvalue weighted by Gasteiger charge is 2.36. The number of halogens is 1. The van der Waals surface area contributed by atoms with E-state index in [1.165, 1.54) is 12.0 Å². The Bertz CT molecular complexity index is 717. The van der Waals surface area contributed by atoms with Crippen molar-refractivity contribution >= 4 is 22.4 Å². The highest BCUT2D eigenvalue weighted by molar-refractivity contribution is 7.89. The van der Waals surface area contributed by atoms with E-state index in [4.69, 9.17) is 0 Å². The maximum atomic E-state index is 13.4. The van der Waals surface area contributed by atoms with Gasteiger partial charge in [0.15, 0.2) is 0 Å². The zero-order valence-corrected chi connectivity index (χ0v) is 16.9. The Morgan fingerprint density at radius 1 is 0.833 bits per heavy atom. The molecular formula is C18H29ClN2O2S. The molecule has 2 bridgehead atoms. The SMILES string of the molecule is Cc1c(C)c(C)c(S(=O)(=O)N2CCC3CCC(C2)N3)c(C)c1C.Cl. The number of nitrogens with one attached hydrogen (secondary N) is 1. The normalized spacial score (nSPS) is 24.5. The summed E-state index contributed by atoms with van der Waals surface area (Å²) in [5, 5.41) is 3.56. The molecule has 2 aliphatic rings. The first kappa shape index (κ1) is 19.7. The van der Waals surface area contributed by atoms with Gasteiger partial charge in [-0.25, -0.2) is 8.42 Å². The first-order chi connectivity index (χ1) is 10.7. The van der Waals surface area contributed by atoms with Crippen LogP contribution in [0.5, 0.6) is 0 Å². The van der Waals surface area contributed by atoms with E-state index in [9.17, 15) is 8.42 Å². The second-order valence-electron chi connectivity index (χ2n) is 7.24.